The Balaban J connectivity index is 0.00000144. The van der Waals surface area contributed by atoms with E-state index < -0.39 is 32.3 Å². The van der Waals surface area contributed by atoms with Crippen LogP contribution in [0.15, 0.2) is 0 Å². The van der Waals surface area contributed by atoms with E-state index in [4.69, 9.17) is 69.6 Å². The van der Waals surface area contributed by atoms with Crippen molar-refractivity contribution in [1.82, 2.24) is 0 Å². The average Bonchev–Trinajstić information content (AvgIpc) is 2.08. The molecule has 0 aliphatic heterocycles. The minimum atomic E-state index is -0.437. The number of alkyl halides is 6. The maximum atomic E-state index is 5.88. The second kappa shape index (κ2) is 6.09. The van der Waals surface area contributed by atoms with Crippen molar-refractivity contribution in [2.75, 3.05) is 0 Å². The maximum absolute atomic E-state index is 5.88. The third-order valence-electron chi connectivity index (χ3n) is 1.83. The van der Waals surface area contributed by atoms with Crippen LogP contribution in [0.1, 0.15) is 0 Å². The minimum absolute atomic E-state index is 0. The molecule has 1 fully saturated rings. The minimum Gasteiger partial charge on any atom is -0.120 e. The summed E-state index contributed by atoms with van der Waals surface area (Å²) in [4.78, 5) is 0. The predicted molar refractivity (Wildman–Crippen MR) is 57.8 cm³/mol. The molecule has 0 aromatic carbocycles. The summed E-state index contributed by atoms with van der Waals surface area (Å²) >= 11 is 35.3. The van der Waals surface area contributed by atoms with Crippen LogP contribution in [0.4, 0.5) is 0 Å². The molecule has 0 N–H and O–H groups in total. The fraction of sp³-hybridized carbons (Fsp3) is 1.00. The molecule has 7 heteroatoms. The van der Waals surface area contributed by atoms with Crippen molar-refractivity contribution in [3.63, 3.8) is 0 Å². The van der Waals surface area contributed by atoms with Crippen molar-refractivity contribution in [1.29, 1.82) is 0 Å². The Kier molecular flexibility index (Phi) is 7.13. The summed E-state index contributed by atoms with van der Waals surface area (Å²) in [6.45, 7) is 0. The summed E-state index contributed by atoms with van der Waals surface area (Å²) < 4.78 is 0. The SMILES string of the molecule is ClC1C(Cl)C(Cl)C(Cl)C(Cl)C1Cl.[Ni]. The van der Waals surface area contributed by atoms with Gasteiger partial charge in [-0.05, 0) is 0 Å². The molecule has 0 aromatic rings. The molecule has 13 heavy (non-hydrogen) atoms. The largest absolute Gasteiger partial charge is 0.120 e. The Hall–Kier alpha value is 2.23. The quantitative estimate of drug-likeness (QED) is 0.463. The van der Waals surface area contributed by atoms with Gasteiger partial charge in [-0.25, -0.2) is 0 Å². The van der Waals surface area contributed by atoms with E-state index in [1.165, 1.54) is 0 Å². The summed E-state index contributed by atoms with van der Waals surface area (Å²) in [5, 5.41) is -2.62. The molecule has 1 saturated carbocycles. The average molecular weight is 350 g/mol. The van der Waals surface area contributed by atoms with E-state index in [9.17, 15) is 0 Å². The molecule has 0 atom stereocenters. The predicted octanol–water partition coefficient (Wildman–Crippen LogP) is 3.64. The summed E-state index contributed by atoms with van der Waals surface area (Å²) in [6, 6.07) is 0. The Labute approximate surface area is 117 Å². The van der Waals surface area contributed by atoms with Gasteiger partial charge in [-0.1, -0.05) is 0 Å². The van der Waals surface area contributed by atoms with Crippen molar-refractivity contribution in [3.8, 4) is 0 Å². The molecular weight excluding hydrogens is 343 g/mol. The van der Waals surface area contributed by atoms with Crippen molar-refractivity contribution < 1.29 is 16.5 Å². The molecule has 0 saturated heterocycles. The first-order valence-electron chi connectivity index (χ1n) is 3.31. The Morgan fingerprint density at radius 1 is 0.385 bits per heavy atom. The molecule has 0 aromatic heterocycles. The van der Waals surface area contributed by atoms with E-state index in [0.717, 1.165) is 0 Å². The van der Waals surface area contributed by atoms with Crippen LogP contribution >= 0.6 is 69.6 Å². The van der Waals surface area contributed by atoms with E-state index in [1.807, 2.05) is 0 Å². The van der Waals surface area contributed by atoms with Crippen LogP contribution < -0.4 is 0 Å². The number of hydrogen-bond donors (Lipinski definition) is 0. The van der Waals surface area contributed by atoms with Crippen molar-refractivity contribution >= 4 is 69.6 Å². The van der Waals surface area contributed by atoms with E-state index in [2.05, 4.69) is 0 Å². The topological polar surface area (TPSA) is 0 Å². The van der Waals surface area contributed by atoms with Gasteiger partial charge in [0.25, 0.3) is 0 Å². The summed E-state index contributed by atoms with van der Waals surface area (Å²) in [5.74, 6) is 0. The number of hydrogen-bond acceptors (Lipinski definition) is 0. The van der Waals surface area contributed by atoms with Gasteiger partial charge in [0, 0.05) is 16.5 Å². The molecular formula is C6H6Cl6Ni. The molecule has 82 valence electrons. The standard InChI is InChI=1S/C6H6Cl6.Ni/c7-1-2(8)4(10)6(12)5(11)3(1)9;/h1-6H;. The number of halogens is 6. The van der Waals surface area contributed by atoms with Gasteiger partial charge in [-0.2, -0.15) is 0 Å². The third-order valence-corrected chi connectivity index (χ3v) is 5.86. The van der Waals surface area contributed by atoms with Crippen LogP contribution in [0.5, 0.6) is 0 Å². The molecule has 1 aliphatic rings. The van der Waals surface area contributed by atoms with Gasteiger partial charge in [0.05, 0.1) is 32.3 Å². The summed E-state index contributed by atoms with van der Waals surface area (Å²) in [7, 11) is 0. The smallest absolute Gasteiger partial charge is 0.0693 e. The molecule has 0 unspecified atom stereocenters. The van der Waals surface area contributed by atoms with Crippen LogP contribution in [-0.4, -0.2) is 32.3 Å². The van der Waals surface area contributed by atoms with Gasteiger partial charge in [0.1, 0.15) is 0 Å². The van der Waals surface area contributed by atoms with Gasteiger partial charge in [-0.15, -0.1) is 69.6 Å². The Morgan fingerprint density at radius 2 is 0.462 bits per heavy atom. The van der Waals surface area contributed by atoms with Crippen molar-refractivity contribution in [2.45, 2.75) is 32.3 Å². The van der Waals surface area contributed by atoms with Crippen LogP contribution in [0, 0.1) is 0 Å². The van der Waals surface area contributed by atoms with E-state index in [1.54, 1.807) is 0 Å². The monoisotopic (exact) mass is 346 g/mol. The zero-order valence-corrected chi connectivity index (χ0v) is 11.6. The first kappa shape index (κ1) is 15.2. The van der Waals surface area contributed by atoms with Gasteiger partial charge in [0.15, 0.2) is 0 Å². The Bertz CT molecular complexity index is 109. The van der Waals surface area contributed by atoms with Crippen LogP contribution in [-0.2, 0) is 16.5 Å². The third kappa shape index (κ3) is 3.10. The molecule has 0 spiro atoms. The Morgan fingerprint density at radius 3 is 0.538 bits per heavy atom. The molecule has 1 rings (SSSR count). The van der Waals surface area contributed by atoms with Crippen molar-refractivity contribution in [2.24, 2.45) is 0 Å². The van der Waals surface area contributed by atoms with E-state index in [0.29, 0.717) is 0 Å². The summed E-state index contributed by atoms with van der Waals surface area (Å²) in [5.41, 5.74) is 0. The first-order valence-corrected chi connectivity index (χ1v) is 5.93. The molecule has 1 aliphatic carbocycles. The van der Waals surface area contributed by atoms with Gasteiger partial charge < -0.3 is 0 Å². The molecule has 0 bridgehead atoms. The second-order valence-electron chi connectivity index (χ2n) is 2.67. The maximum Gasteiger partial charge on any atom is 0.0693 e. The van der Waals surface area contributed by atoms with Gasteiger partial charge in [-0.3, -0.25) is 0 Å². The fourth-order valence-corrected chi connectivity index (χ4v) is 3.38. The zero-order chi connectivity index (χ0) is 9.46. The van der Waals surface area contributed by atoms with Crippen molar-refractivity contribution in [3.05, 3.63) is 0 Å². The van der Waals surface area contributed by atoms with E-state index >= 15 is 0 Å². The van der Waals surface area contributed by atoms with E-state index in [-0.39, 0.29) is 16.5 Å². The van der Waals surface area contributed by atoms with Crippen LogP contribution in [0.25, 0.3) is 0 Å². The molecule has 0 amide bonds. The van der Waals surface area contributed by atoms with Gasteiger partial charge >= 0.3 is 0 Å². The van der Waals surface area contributed by atoms with Crippen LogP contribution in [0.3, 0.4) is 0 Å². The molecule has 0 nitrogen and oxygen atoms in total. The first-order chi connectivity index (χ1) is 5.46. The molecule has 0 heterocycles. The number of rotatable bonds is 0. The molecule has 0 radical (unpaired) electrons. The van der Waals surface area contributed by atoms with Gasteiger partial charge in [0.2, 0.25) is 0 Å². The second-order valence-corrected chi connectivity index (χ2v) is 5.69. The fourth-order valence-electron chi connectivity index (χ4n) is 1.05. The normalized spacial score (nSPS) is 51.2. The van der Waals surface area contributed by atoms with Crippen LogP contribution in [0.2, 0.25) is 0 Å². The zero-order valence-electron chi connectivity index (χ0n) is 6.05. The summed E-state index contributed by atoms with van der Waals surface area (Å²) in [6.07, 6.45) is 0.